The second kappa shape index (κ2) is 7.47. The largest absolute Gasteiger partial charge is 0.480 e. The molecule has 1 aromatic rings. The lowest BCUT2D eigenvalue weighted by Gasteiger charge is -2.24. The Morgan fingerprint density at radius 1 is 1.45 bits per heavy atom. The van der Waals surface area contributed by atoms with Crippen LogP contribution in [0.3, 0.4) is 0 Å². The van der Waals surface area contributed by atoms with Crippen LogP contribution in [0.2, 0.25) is 0 Å². The van der Waals surface area contributed by atoms with E-state index in [1.54, 1.807) is 26.2 Å². The zero-order valence-electron chi connectivity index (χ0n) is 12.0. The van der Waals surface area contributed by atoms with Crippen molar-refractivity contribution in [2.24, 2.45) is 5.92 Å². The van der Waals surface area contributed by atoms with Gasteiger partial charge in [0, 0.05) is 13.2 Å². The number of aliphatic carboxylic acids is 1. The third-order valence-corrected chi connectivity index (χ3v) is 3.23. The van der Waals surface area contributed by atoms with Gasteiger partial charge in [-0.25, -0.2) is 9.59 Å². The Labute approximate surface area is 118 Å². The number of aromatic nitrogens is 1. The van der Waals surface area contributed by atoms with Gasteiger partial charge >= 0.3 is 12.0 Å². The summed E-state index contributed by atoms with van der Waals surface area (Å²) in [6.07, 6.45) is 2.33. The molecule has 0 spiro atoms. The number of carboxylic acids is 1. The minimum absolute atomic E-state index is 0.125. The fourth-order valence-electron chi connectivity index (χ4n) is 1.73. The smallest absolute Gasteiger partial charge is 0.326 e. The van der Waals surface area contributed by atoms with E-state index in [0.717, 1.165) is 5.69 Å². The summed E-state index contributed by atoms with van der Waals surface area (Å²) < 4.78 is 0. The van der Waals surface area contributed by atoms with Crippen LogP contribution in [0.5, 0.6) is 0 Å². The number of urea groups is 1. The maximum atomic E-state index is 12.0. The third-order valence-electron chi connectivity index (χ3n) is 3.23. The second-order valence-electron chi connectivity index (χ2n) is 4.83. The molecule has 0 saturated heterocycles. The number of hydrogen-bond acceptors (Lipinski definition) is 3. The number of rotatable bonds is 6. The zero-order chi connectivity index (χ0) is 15.1. The van der Waals surface area contributed by atoms with Gasteiger partial charge in [-0.1, -0.05) is 26.3 Å². The fraction of sp³-hybridized carbons (Fsp3) is 0.500. The van der Waals surface area contributed by atoms with Gasteiger partial charge in [-0.2, -0.15) is 0 Å². The van der Waals surface area contributed by atoms with Crippen molar-refractivity contribution in [2.45, 2.75) is 32.9 Å². The van der Waals surface area contributed by atoms with Gasteiger partial charge in [-0.15, -0.1) is 0 Å². The predicted octanol–water partition coefficient (Wildman–Crippen LogP) is 1.72. The van der Waals surface area contributed by atoms with Crippen LogP contribution in [-0.2, 0) is 11.3 Å². The number of hydrogen-bond donors (Lipinski definition) is 2. The number of carboxylic acid groups (broad SMARTS) is 1. The molecule has 6 heteroatoms. The van der Waals surface area contributed by atoms with E-state index >= 15 is 0 Å². The van der Waals surface area contributed by atoms with E-state index in [9.17, 15) is 9.59 Å². The van der Waals surface area contributed by atoms with Crippen molar-refractivity contribution in [3.05, 3.63) is 30.1 Å². The molecule has 0 bridgehead atoms. The first kappa shape index (κ1) is 15.9. The molecule has 0 fully saturated rings. The maximum Gasteiger partial charge on any atom is 0.326 e. The van der Waals surface area contributed by atoms with Crippen LogP contribution in [0.4, 0.5) is 4.79 Å². The number of amides is 2. The quantitative estimate of drug-likeness (QED) is 0.830. The lowest BCUT2D eigenvalue weighted by molar-refractivity contribution is -0.140. The summed E-state index contributed by atoms with van der Waals surface area (Å²) >= 11 is 0. The number of carbonyl (C=O) groups is 2. The Kier molecular flexibility index (Phi) is 5.96. The topological polar surface area (TPSA) is 82.5 Å². The molecule has 2 amide bonds. The normalized spacial score (nSPS) is 13.3. The first-order valence-electron chi connectivity index (χ1n) is 6.60. The van der Waals surface area contributed by atoms with Gasteiger partial charge in [-0.3, -0.25) is 4.98 Å². The highest BCUT2D eigenvalue weighted by Crippen LogP contribution is 2.09. The van der Waals surface area contributed by atoms with Crippen LogP contribution >= 0.6 is 0 Å². The molecule has 0 aromatic carbocycles. The Morgan fingerprint density at radius 2 is 2.15 bits per heavy atom. The van der Waals surface area contributed by atoms with Crippen molar-refractivity contribution in [3.8, 4) is 0 Å². The highest BCUT2D eigenvalue weighted by molar-refractivity contribution is 5.82. The molecule has 0 aliphatic rings. The summed E-state index contributed by atoms with van der Waals surface area (Å²) in [7, 11) is 1.61. The predicted molar refractivity (Wildman–Crippen MR) is 75.1 cm³/mol. The Hall–Kier alpha value is -2.11. The van der Waals surface area contributed by atoms with Crippen molar-refractivity contribution < 1.29 is 14.7 Å². The molecule has 0 aliphatic carbocycles. The molecule has 110 valence electrons. The van der Waals surface area contributed by atoms with Gasteiger partial charge in [-0.05, 0) is 18.1 Å². The molecule has 2 atom stereocenters. The highest BCUT2D eigenvalue weighted by Gasteiger charge is 2.26. The van der Waals surface area contributed by atoms with Gasteiger partial charge in [0.25, 0.3) is 0 Å². The molecular formula is C14H21N3O3. The van der Waals surface area contributed by atoms with E-state index in [-0.39, 0.29) is 5.92 Å². The first-order valence-corrected chi connectivity index (χ1v) is 6.60. The van der Waals surface area contributed by atoms with Crippen LogP contribution in [0.25, 0.3) is 0 Å². The van der Waals surface area contributed by atoms with Gasteiger partial charge < -0.3 is 15.3 Å². The fourth-order valence-corrected chi connectivity index (χ4v) is 1.73. The molecule has 6 nitrogen and oxygen atoms in total. The zero-order valence-corrected chi connectivity index (χ0v) is 12.0. The number of pyridine rings is 1. The SMILES string of the molecule is CCC(C)C(NC(=O)N(C)Cc1ccccn1)C(=O)O. The van der Waals surface area contributed by atoms with Gasteiger partial charge in [0.2, 0.25) is 0 Å². The van der Waals surface area contributed by atoms with E-state index in [1.807, 2.05) is 19.1 Å². The van der Waals surface area contributed by atoms with Crippen LogP contribution in [-0.4, -0.2) is 40.1 Å². The van der Waals surface area contributed by atoms with E-state index in [1.165, 1.54) is 4.90 Å². The number of carbonyl (C=O) groups excluding carboxylic acids is 1. The Morgan fingerprint density at radius 3 is 2.65 bits per heavy atom. The van der Waals surface area contributed by atoms with Crippen molar-refractivity contribution in [1.82, 2.24) is 15.2 Å². The lowest BCUT2D eigenvalue weighted by atomic mass is 9.99. The second-order valence-corrected chi connectivity index (χ2v) is 4.83. The summed E-state index contributed by atoms with van der Waals surface area (Å²) in [4.78, 5) is 28.7. The van der Waals surface area contributed by atoms with Crippen molar-refractivity contribution in [2.75, 3.05) is 7.05 Å². The molecule has 1 rings (SSSR count). The average molecular weight is 279 g/mol. The molecule has 0 aliphatic heterocycles. The first-order chi connectivity index (χ1) is 9.45. The summed E-state index contributed by atoms with van der Waals surface area (Å²) in [6.45, 7) is 4.03. The van der Waals surface area contributed by atoms with Crippen LogP contribution < -0.4 is 5.32 Å². The molecule has 2 unspecified atom stereocenters. The Balaban J connectivity index is 2.62. The molecular weight excluding hydrogens is 258 g/mol. The van der Waals surface area contributed by atoms with Crippen LogP contribution in [0.15, 0.2) is 24.4 Å². The van der Waals surface area contributed by atoms with Crippen LogP contribution in [0, 0.1) is 5.92 Å². The summed E-state index contributed by atoms with van der Waals surface area (Å²) in [6, 6.07) is 4.16. The lowest BCUT2D eigenvalue weighted by Crippen LogP contribution is -2.49. The molecule has 0 saturated carbocycles. The molecule has 0 radical (unpaired) electrons. The van der Waals surface area contributed by atoms with Crippen molar-refractivity contribution in [3.63, 3.8) is 0 Å². The summed E-state index contributed by atoms with van der Waals surface area (Å²) in [5.74, 6) is -1.14. The van der Waals surface area contributed by atoms with E-state index in [4.69, 9.17) is 5.11 Å². The number of nitrogens with zero attached hydrogens (tertiary/aromatic N) is 2. The van der Waals surface area contributed by atoms with E-state index in [2.05, 4.69) is 10.3 Å². The summed E-state index contributed by atoms with van der Waals surface area (Å²) in [5.41, 5.74) is 0.751. The van der Waals surface area contributed by atoms with Crippen molar-refractivity contribution >= 4 is 12.0 Å². The molecule has 2 N–H and O–H groups in total. The van der Waals surface area contributed by atoms with Crippen molar-refractivity contribution in [1.29, 1.82) is 0 Å². The highest BCUT2D eigenvalue weighted by atomic mass is 16.4. The van der Waals surface area contributed by atoms with Crippen LogP contribution in [0.1, 0.15) is 26.0 Å². The van der Waals surface area contributed by atoms with Gasteiger partial charge in [0.1, 0.15) is 6.04 Å². The van der Waals surface area contributed by atoms with E-state index < -0.39 is 18.0 Å². The number of nitrogens with one attached hydrogen (secondary N) is 1. The molecule has 20 heavy (non-hydrogen) atoms. The minimum atomic E-state index is -1.01. The molecule has 1 aromatic heterocycles. The molecule has 1 heterocycles. The maximum absolute atomic E-state index is 12.0. The van der Waals surface area contributed by atoms with E-state index in [0.29, 0.717) is 13.0 Å². The monoisotopic (exact) mass is 279 g/mol. The van der Waals surface area contributed by atoms with Gasteiger partial charge in [0.15, 0.2) is 0 Å². The minimum Gasteiger partial charge on any atom is -0.480 e. The average Bonchev–Trinajstić information content (AvgIpc) is 2.44. The third kappa shape index (κ3) is 4.53. The summed E-state index contributed by atoms with van der Waals surface area (Å²) in [5, 5.41) is 11.7. The van der Waals surface area contributed by atoms with Gasteiger partial charge in [0.05, 0.1) is 12.2 Å². The standard InChI is InChI=1S/C14H21N3O3/c1-4-10(2)12(13(18)19)16-14(20)17(3)9-11-7-5-6-8-15-11/h5-8,10,12H,4,9H2,1-3H3,(H,16,20)(H,18,19). The Bertz CT molecular complexity index is 450.